The normalized spacial score (nSPS) is 10.8. The maximum Gasteiger partial charge on any atom is 0.224 e. The lowest BCUT2D eigenvalue weighted by atomic mass is 10.3. The Balaban J connectivity index is 2.33. The van der Waals surface area contributed by atoms with Crippen molar-refractivity contribution in [3.63, 3.8) is 0 Å². The molecule has 2 aromatic heterocycles. The van der Waals surface area contributed by atoms with E-state index in [-0.39, 0.29) is 0 Å². The third kappa shape index (κ3) is 1.29. The van der Waals surface area contributed by atoms with Gasteiger partial charge in [0.2, 0.25) is 11.2 Å². The third-order valence-electron chi connectivity index (χ3n) is 2.65. The van der Waals surface area contributed by atoms with Crippen LogP contribution in [0.5, 0.6) is 0 Å². The zero-order valence-corrected chi connectivity index (χ0v) is 9.04. The molecule has 0 aliphatic rings. The van der Waals surface area contributed by atoms with Crippen LogP contribution in [-0.2, 0) is 0 Å². The quantitative estimate of drug-likeness (QED) is 0.562. The number of fused-ring (bicyclic) bond motifs is 1. The van der Waals surface area contributed by atoms with E-state index in [1.54, 1.807) is 0 Å². The standard InChI is InChI=1S/C13H12N3/c1-11-13-9-5-6-10-15(13)16(14-11)12-7-3-2-4-8-12/h2-10H,1H3/q+1. The summed E-state index contributed by atoms with van der Waals surface area (Å²) in [6.07, 6.45) is 2.02. The van der Waals surface area contributed by atoms with Gasteiger partial charge < -0.3 is 0 Å². The zero-order chi connectivity index (χ0) is 11.0. The fourth-order valence-corrected chi connectivity index (χ4v) is 1.87. The highest BCUT2D eigenvalue weighted by Gasteiger charge is 2.16. The Bertz CT molecular complexity index is 626. The van der Waals surface area contributed by atoms with Crippen molar-refractivity contribution in [2.45, 2.75) is 6.92 Å². The monoisotopic (exact) mass is 210 g/mol. The minimum Gasteiger partial charge on any atom is -0.120 e. The molecule has 0 saturated carbocycles. The van der Waals surface area contributed by atoms with E-state index >= 15 is 0 Å². The number of hydrogen-bond donors (Lipinski definition) is 0. The Morgan fingerprint density at radius 2 is 1.75 bits per heavy atom. The van der Waals surface area contributed by atoms with Crippen molar-refractivity contribution in [2.24, 2.45) is 0 Å². The minimum atomic E-state index is 1.03. The average molecular weight is 210 g/mol. The van der Waals surface area contributed by atoms with Gasteiger partial charge in [-0.25, -0.2) is 0 Å². The lowest BCUT2D eigenvalue weighted by Crippen LogP contribution is -2.31. The van der Waals surface area contributed by atoms with Crippen LogP contribution in [0.2, 0.25) is 0 Å². The molecule has 0 bridgehead atoms. The fourth-order valence-electron chi connectivity index (χ4n) is 1.87. The van der Waals surface area contributed by atoms with E-state index in [4.69, 9.17) is 0 Å². The molecule has 3 aromatic rings. The van der Waals surface area contributed by atoms with Crippen molar-refractivity contribution in [1.82, 2.24) is 9.90 Å². The Kier molecular flexibility index (Phi) is 1.96. The predicted octanol–water partition coefficient (Wildman–Crippen LogP) is 1.92. The number of aromatic nitrogens is 3. The molecule has 3 heteroatoms. The van der Waals surface area contributed by atoms with Crippen molar-refractivity contribution in [3.05, 3.63) is 60.4 Å². The second-order valence-electron chi connectivity index (χ2n) is 3.74. The highest BCUT2D eigenvalue weighted by Crippen LogP contribution is 2.07. The van der Waals surface area contributed by atoms with E-state index in [2.05, 4.69) is 11.2 Å². The van der Waals surface area contributed by atoms with Crippen LogP contribution in [0, 0.1) is 6.92 Å². The maximum absolute atomic E-state index is 4.54. The van der Waals surface area contributed by atoms with E-state index in [1.807, 2.05) is 64.9 Å². The molecule has 3 nitrogen and oxygen atoms in total. The summed E-state index contributed by atoms with van der Waals surface area (Å²) in [6.45, 7) is 2.02. The van der Waals surface area contributed by atoms with Gasteiger partial charge in [-0.1, -0.05) is 24.3 Å². The molecule has 0 spiro atoms. The molecule has 0 amide bonds. The van der Waals surface area contributed by atoms with Crippen molar-refractivity contribution in [1.29, 1.82) is 0 Å². The van der Waals surface area contributed by atoms with Gasteiger partial charge in [-0.05, 0) is 29.1 Å². The first-order valence-corrected chi connectivity index (χ1v) is 5.28. The molecule has 16 heavy (non-hydrogen) atoms. The summed E-state index contributed by atoms with van der Waals surface area (Å²) >= 11 is 0. The molecular formula is C13H12N3+. The van der Waals surface area contributed by atoms with E-state index < -0.39 is 0 Å². The highest BCUT2D eigenvalue weighted by atomic mass is 15.5. The largest absolute Gasteiger partial charge is 0.224 e. The maximum atomic E-state index is 4.54. The smallest absolute Gasteiger partial charge is 0.120 e. The summed E-state index contributed by atoms with van der Waals surface area (Å²) in [5.74, 6) is 0. The molecule has 0 atom stereocenters. The molecular weight excluding hydrogens is 198 g/mol. The topological polar surface area (TPSA) is 21.9 Å². The molecule has 0 fully saturated rings. The second-order valence-corrected chi connectivity index (χ2v) is 3.74. The van der Waals surface area contributed by atoms with Crippen LogP contribution in [-0.4, -0.2) is 9.90 Å². The van der Waals surface area contributed by atoms with Gasteiger partial charge in [0.05, 0.1) is 0 Å². The van der Waals surface area contributed by atoms with Gasteiger partial charge in [0.25, 0.3) is 0 Å². The summed E-state index contributed by atoms with van der Waals surface area (Å²) < 4.78 is 2.05. The Morgan fingerprint density at radius 3 is 2.56 bits per heavy atom. The van der Waals surface area contributed by atoms with Crippen LogP contribution in [0.1, 0.15) is 5.69 Å². The summed E-state index contributed by atoms with van der Waals surface area (Å²) in [7, 11) is 0. The zero-order valence-electron chi connectivity index (χ0n) is 9.04. The summed E-state index contributed by atoms with van der Waals surface area (Å²) in [6, 6.07) is 16.2. The number of nitrogens with zero attached hydrogens (tertiary/aromatic N) is 3. The molecule has 0 saturated heterocycles. The lowest BCUT2D eigenvalue weighted by molar-refractivity contribution is -0.604. The van der Waals surface area contributed by atoms with Gasteiger partial charge in [0, 0.05) is 12.0 Å². The van der Waals surface area contributed by atoms with E-state index in [9.17, 15) is 0 Å². The van der Waals surface area contributed by atoms with Crippen LogP contribution >= 0.6 is 0 Å². The first-order chi connectivity index (χ1) is 7.86. The van der Waals surface area contributed by atoms with E-state index in [0.29, 0.717) is 0 Å². The van der Waals surface area contributed by atoms with Crippen LogP contribution in [0.15, 0.2) is 54.7 Å². The Morgan fingerprint density at radius 1 is 1.00 bits per heavy atom. The van der Waals surface area contributed by atoms with E-state index in [1.165, 1.54) is 0 Å². The Hall–Kier alpha value is -2.16. The van der Waals surface area contributed by atoms with Crippen molar-refractivity contribution in [2.75, 3.05) is 0 Å². The van der Waals surface area contributed by atoms with Gasteiger partial charge in [-0.3, -0.25) is 0 Å². The molecule has 0 radical (unpaired) electrons. The van der Waals surface area contributed by atoms with Crippen molar-refractivity contribution >= 4 is 5.52 Å². The third-order valence-corrected chi connectivity index (χ3v) is 2.65. The fraction of sp³-hybridized carbons (Fsp3) is 0.0769. The molecule has 0 unspecified atom stereocenters. The summed E-state index contributed by atoms with van der Waals surface area (Å²) in [5.41, 5.74) is 3.23. The van der Waals surface area contributed by atoms with Gasteiger partial charge >= 0.3 is 0 Å². The SMILES string of the molecule is Cc1nn(-c2ccccc2)[n+]2ccccc12. The highest BCUT2D eigenvalue weighted by molar-refractivity contribution is 5.43. The van der Waals surface area contributed by atoms with Gasteiger partial charge in [-0.2, -0.15) is 0 Å². The van der Waals surface area contributed by atoms with Crippen LogP contribution in [0.3, 0.4) is 0 Å². The first kappa shape index (κ1) is 9.09. The Labute approximate surface area is 93.6 Å². The molecule has 2 heterocycles. The summed E-state index contributed by atoms with van der Waals surface area (Å²) in [4.78, 5) is 1.91. The summed E-state index contributed by atoms with van der Waals surface area (Å²) in [5, 5.41) is 4.54. The number of benzene rings is 1. The second kappa shape index (κ2) is 3.45. The van der Waals surface area contributed by atoms with Crippen LogP contribution < -0.4 is 4.52 Å². The number of rotatable bonds is 1. The number of hydrogen-bond acceptors (Lipinski definition) is 1. The van der Waals surface area contributed by atoms with E-state index in [0.717, 1.165) is 16.9 Å². The number of para-hydroxylation sites is 1. The molecule has 78 valence electrons. The number of pyridine rings is 1. The van der Waals surface area contributed by atoms with Gasteiger partial charge in [0.1, 0.15) is 11.9 Å². The predicted molar refractivity (Wildman–Crippen MR) is 61.5 cm³/mol. The van der Waals surface area contributed by atoms with Crippen molar-refractivity contribution < 1.29 is 4.52 Å². The lowest BCUT2D eigenvalue weighted by Gasteiger charge is -1.94. The average Bonchev–Trinajstić information content (AvgIpc) is 2.69. The molecule has 0 aliphatic heterocycles. The molecule has 1 aromatic carbocycles. The molecule has 0 N–H and O–H groups in total. The molecule has 0 aliphatic carbocycles. The first-order valence-electron chi connectivity index (χ1n) is 5.28. The van der Waals surface area contributed by atoms with Crippen LogP contribution in [0.25, 0.3) is 11.2 Å². The number of aryl methyl sites for hydroxylation is 1. The van der Waals surface area contributed by atoms with Crippen molar-refractivity contribution in [3.8, 4) is 5.69 Å². The minimum absolute atomic E-state index is 1.03. The van der Waals surface area contributed by atoms with Gasteiger partial charge in [0.15, 0.2) is 0 Å². The molecule has 3 rings (SSSR count). The van der Waals surface area contributed by atoms with Crippen LogP contribution in [0.4, 0.5) is 0 Å². The van der Waals surface area contributed by atoms with Gasteiger partial charge in [-0.15, -0.1) is 4.52 Å².